The van der Waals surface area contributed by atoms with E-state index in [1.807, 2.05) is 0 Å². The van der Waals surface area contributed by atoms with Crippen LogP contribution < -0.4 is 5.32 Å². The van der Waals surface area contributed by atoms with Crippen molar-refractivity contribution in [2.75, 3.05) is 19.7 Å². The molecule has 0 amide bonds. The van der Waals surface area contributed by atoms with Crippen LogP contribution in [0.1, 0.15) is 20.8 Å². The van der Waals surface area contributed by atoms with Crippen LogP contribution in [-0.4, -0.2) is 25.8 Å². The molecule has 0 saturated carbocycles. The van der Waals surface area contributed by atoms with Gasteiger partial charge < -0.3 is 10.1 Å². The van der Waals surface area contributed by atoms with E-state index in [9.17, 15) is 0 Å². The van der Waals surface area contributed by atoms with Gasteiger partial charge in [-0.1, -0.05) is 20.8 Å². The molecule has 0 unspecified atom stereocenters. The normalized spacial score (nSPS) is 28.5. The van der Waals surface area contributed by atoms with Crippen molar-refractivity contribution in [3.8, 4) is 0 Å². The van der Waals surface area contributed by atoms with Gasteiger partial charge in [0.05, 0.1) is 12.7 Å². The molecule has 60 valence electrons. The van der Waals surface area contributed by atoms with Crippen LogP contribution in [0.5, 0.6) is 0 Å². The summed E-state index contributed by atoms with van der Waals surface area (Å²) in [5.74, 6) is 0. The molecule has 1 rings (SSSR count). The van der Waals surface area contributed by atoms with Crippen molar-refractivity contribution in [1.29, 1.82) is 0 Å². The minimum Gasteiger partial charge on any atom is -0.375 e. The molecule has 1 N–H and O–H groups in total. The second-order valence-corrected chi connectivity index (χ2v) is 3.93. The van der Waals surface area contributed by atoms with E-state index in [1.54, 1.807) is 0 Å². The predicted molar refractivity (Wildman–Crippen MR) is 42.1 cm³/mol. The topological polar surface area (TPSA) is 21.3 Å². The molecule has 2 nitrogen and oxygen atoms in total. The van der Waals surface area contributed by atoms with E-state index in [4.69, 9.17) is 4.74 Å². The summed E-state index contributed by atoms with van der Waals surface area (Å²) in [4.78, 5) is 0. The molecular formula is C8H17NO. The van der Waals surface area contributed by atoms with Crippen molar-refractivity contribution >= 4 is 0 Å². The van der Waals surface area contributed by atoms with Crippen LogP contribution in [0.15, 0.2) is 0 Å². The zero-order valence-electron chi connectivity index (χ0n) is 7.11. The first-order valence-corrected chi connectivity index (χ1v) is 3.93. The number of rotatable bonds is 0. The van der Waals surface area contributed by atoms with E-state index < -0.39 is 0 Å². The van der Waals surface area contributed by atoms with Gasteiger partial charge in [0, 0.05) is 13.1 Å². The van der Waals surface area contributed by atoms with Gasteiger partial charge in [0.15, 0.2) is 0 Å². The molecule has 0 aromatic rings. The third-order valence-corrected chi connectivity index (χ3v) is 1.89. The Hall–Kier alpha value is -0.0800. The summed E-state index contributed by atoms with van der Waals surface area (Å²) in [7, 11) is 0. The zero-order chi connectivity index (χ0) is 7.61. The number of morpholine rings is 1. The molecule has 0 aliphatic carbocycles. The SMILES string of the molecule is CC(C)(C)[C@H]1CNCCO1. The quantitative estimate of drug-likeness (QED) is 0.546. The van der Waals surface area contributed by atoms with Crippen molar-refractivity contribution in [3.05, 3.63) is 0 Å². The Bertz CT molecular complexity index is 100. The molecule has 0 aromatic carbocycles. The maximum Gasteiger partial charge on any atom is 0.0748 e. The van der Waals surface area contributed by atoms with E-state index in [2.05, 4.69) is 26.1 Å². The molecule has 0 spiro atoms. The minimum absolute atomic E-state index is 0.285. The van der Waals surface area contributed by atoms with Crippen LogP contribution >= 0.6 is 0 Å². The first-order chi connectivity index (χ1) is 4.61. The average Bonchev–Trinajstić information content (AvgIpc) is 1.88. The third-order valence-electron chi connectivity index (χ3n) is 1.89. The van der Waals surface area contributed by atoms with E-state index in [0.29, 0.717) is 6.10 Å². The molecule has 0 radical (unpaired) electrons. The summed E-state index contributed by atoms with van der Waals surface area (Å²) < 4.78 is 5.58. The molecule has 2 heteroatoms. The lowest BCUT2D eigenvalue weighted by Crippen LogP contribution is -2.45. The molecule has 10 heavy (non-hydrogen) atoms. The van der Waals surface area contributed by atoms with Gasteiger partial charge in [0.2, 0.25) is 0 Å². The highest BCUT2D eigenvalue weighted by molar-refractivity contribution is 4.78. The van der Waals surface area contributed by atoms with Gasteiger partial charge >= 0.3 is 0 Å². The molecule has 1 aliphatic heterocycles. The average molecular weight is 143 g/mol. The Labute approximate surface area is 63.0 Å². The van der Waals surface area contributed by atoms with E-state index in [-0.39, 0.29) is 5.41 Å². The highest BCUT2D eigenvalue weighted by Gasteiger charge is 2.26. The molecule has 1 saturated heterocycles. The van der Waals surface area contributed by atoms with Crippen LogP contribution in [0.25, 0.3) is 0 Å². The molecule has 1 atom stereocenters. The van der Waals surface area contributed by atoms with Crippen LogP contribution in [0.3, 0.4) is 0 Å². The van der Waals surface area contributed by atoms with E-state index in [0.717, 1.165) is 19.7 Å². The Morgan fingerprint density at radius 3 is 2.40 bits per heavy atom. The highest BCUT2D eigenvalue weighted by Crippen LogP contribution is 2.22. The van der Waals surface area contributed by atoms with Gasteiger partial charge in [-0.2, -0.15) is 0 Å². The molecule has 1 heterocycles. The standard InChI is InChI=1S/C8H17NO/c1-8(2,3)7-6-9-4-5-10-7/h7,9H,4-6H2,1-3H3/t7-/m1/s1. The van der Waals surface area contributed by atoms with Crippen LogP contribution in [0.4, 0.5) is 0 Å². The molecule has 1 aliphatic rings. The van der Waals surface area contributed by atoms with Crippen molar-refractivity contribution < 1.29 is 4.74 Å². The molecule has 0 aromatic heterocycles. The summed E-state index contributed by atoms with van der Waals surface area (Å²) in [6.07, 6.45) is 0.390. The van der Waals surface area contributed by atoms with Gasteiger partial charge in [0.25, 0.3) is 0 Å². The fourth-order valence-electron chi connectivity index (χ4n) is 1.12. The smallest absolute Gasteiger partial charge is 0.0748 e. The molecular weight excluding hydrogens is 126 g/mol. The van der Waals surface area contributed by atoms with Crippen molar-refractivity contribution in [3.63, 3.8) is 0 Å². The second kappa shape index (κ2) is 2.89. The summed E-state index contributed by atoms with van der Waals surface area (Å²) >= 11 is 0. The van der Waals surface area contributed by atoms with Crippen LogP contribution in [0, 0.1) is 5.41 Å². The molecule has 1 fully saturated rings. The maximum atomic E-state index is 5.58. The number of ether oxygens (including phenoxy) is 1. The first-order valence-electron chi connectivity index (χ1n) is 3.93. The van der Waals surface area contributed by atoms with E-state index in [1.165, 1.54) is 0 Å². The maximum absolute atomic E-state index is 5.58. The Morgan fingerprint density at radius 2 is 2.10 bits per heavy atom. The van der Waals surface area contributed by atoms with Gasteiger partial charge in [-0.05, 0) is 5.41 Å². The Balaban J connectivity index is 2.39. The fourth-order valence-corrected chi connectivity index (χ4v) is 1.12. The highest BCUT2D eigenvalue weighted by atomic mass is 16.5. The number of nitrogens with one attached hydrogen (secondary N) is 1. The van der Waals surface area contributed by atoms with Crippen LogP contribution in [0.2, 0.25) is 0 Å². The largest absolute Gasteiger partial charge is 0.375 e. The summed E-state index contributed by atoms with van der Waals surface area (Å²) in [6, 6.07) is 0. The number of hydrogen-bond donors (Lipinski definition) is 1. The number of hydrogen-bond acceptors (Lipinski definition) is 2. The summed E-state index contributed by atoms with van der Waals surface area (Å²) in [5, 5.41) is 3.32. The van der Waals surface area contributed by atoms with Crippen molar-refractivity contribution in [2.45, 2.75) is 26.9 Å². The molecule has 0 bridgehead atoms. The third kappa shape index (κ3) is 1.96. The monoisotopic (exact) mass is 143 g/mol. The van der Waals surface area contributed by atoms with Gasteiger partial charge in [-0.15, -0.1) is 0 Å². The first kappa shape index (κ1) is 8.02. The van der Waals surface area contributed by atoms with Gasteiger partial charge in [-0.3, -0.25) is 0 Å². The lowest BCUT2D eigenvalue weighted by molar-refractivity contribution is -0.0361. The lowest BCUT2D eigenvalue weighted by Gasteiger charge is -2.34. The van der Waals surface area contributed by atoms with Crippen LogP contribution in [-0.2, 0) is 4.74 Å². The Morgan fingerprint density at radius 1 is 1.40 bits per heavy atom. The fraction of sp³-hybridized carbons (Fsp3) is 1.00. The van der Waals surface area contributed by atoms with Gasteiger partial charge in [0.1, 0.15) is 0 Å². The Kier molecular flexibility index (Phi) is 2.32. The van der Waals surface area contributed by atoms with E-state index >= 15 is 0 Å². The predicted octanol–water partition coefficient (Wildman–Crippen LogP) is 1.02. The minimum atomic E-state index is 0.285. The lowest BCUT2D eigenvalue weighted by atomic mass is 9.88. The second-order valence-electron chi connectivity index (χ2n) is 3.93. The van der Waals surface area contributed by atoms with Crippen molar-refractivity contribution in [2.24, 2.45) is 5.41 Å². The van der Waals surface area contributed by atoms with Crippen molar-refractivity contribution in [1.82, 2.24) is 5.32 Å². The summed E-state index contributed by atoms with van der Waals surface area (Å²) in [6.45, 7) is 9.51. The zero-order valence-corrected chi connectivity index (χ0v) is 7.11. The van der Waals surface area contributed by atoms with Gasteiger partial charge in [-0.25, -0.2) is 0 Å². The summed E-state index contributed by atoms with van der Waals surface area (Å²) in [5.41, 5.74) is 0.285.